The maximum atomic E-state index is 12.9. The molecule has 7 nitrogen and oxygen atoms in total. The Morgan fingerprint density at radius 3 is 2.36 bits per heavy atom. The zero-order valence-corrected chi connectivity index (χ0v) is 19.0. The van der Waals surface area contributed by atoms with E-state index < -0.39 is 27.7 Å². The molecule has 1 amide bonds. The molecule has 0 saturated carbocycles. The van der Waals surface area contributed by atoms with E-state index in [1.807, 2.05) is 20.8 Å². The van der Waals surface area contributed by atoms with Gasteiger partial charge in [0.25, 0.3) is 15.9 Å². The molecule has 0 bridgehead atoms. The number of aromatic nitrogens is 2. The summed E-state index contributed by atoms with van der Waals surface area (Å²) in [5.41, 5.74) is 0.0892. The molecular weight excluding hydrogens is 457 g/mol. The van der Waals surface area contributed by atoms with Crippen LogP contribution in [0.2, 0.25) is 0 Å². The van der Waals surface area contributed by atoms with Crippen molar-refractivity contribution in [1.82, 2.24) is 9.78 Å². The van der Waals surface area contributed by atoms with E-state index >= 15 is 0 Å². The van der Waals surface area contributed by atoms with E-state index in [9.17, 15) is 26.4 Å². The topological polar surface area (TPSA) is 93.1 Å². The van der Waals surface area contributed by atoms with Gasteiger partial charge in [-0.3, -0.25) is 14.2 Å². The number of benzene rings is 2. The van der Waals surface area contributed by atoms with Crippen molar-refractivity contribution in [3.05, 3.63) is 71.5 Å². The van der Waals surface area contributed by atoms with Crippen LogP contribution >= 0.6 is 0 Å². The summed E-state index contributed by atoms with van der Waals surface area (Å²) in [6.45, 7) is 6.23. The lowest BCUT2D eigenvalue weighted by Crippen LogP contribution is -2.18. The predicted molar refractivity (Wildman–Crippen MR) is 119 cm³/mol. The quantitative estimate of drug-likeness (QED) is 0.492. The zero-order chi connectivity index (χ0) is 24.4. The van der Waals surface area contributed by atoms with Crippen molar-refractivity contribution in [2.24, 2.45) is 0 Å². The Hall–Kier alpha value is -3.34. The first kappa shape index (κ1) is 24.3. The van der Waals surface area contributed by atoms with Gasteiger partial charge in [-0.25, -0.2) is 8.42 Å². The smallest absolute Gasteiger partial charge is 0.321 e. The summed E-state index contributed by atoms with van der Waals surface area (Å²) < 4.78 is 67.9. The van der Waals surface area contributed by atoms with Crippen LogP contribution in [0.15, 0.2) is 59.5 Å². The van der Waals surface area contributed by atoms with Gasteiger partial charge in [0.2, 0.25) is 0 Å². The highest BCUT2D eigenvalue weighted by atomic mass is 32.2. The second-order valence-electron chi connectivity index (χ2n) is 7.59. The third kappa shape index (κ3) is 5.72. The monoisotopic (exact) mass is 480 g/mol. The van der Waals surface area contributed by atoms with Crippen LogP contribution in [0.1, 0.15) is 48.4 Å². The number of carbonyl (C=O) groups is 1. The van der Waals surface area contributed by atoms with Crippen molar-refractivity contribution in [2.45, 2.75) is 44.3 Å². The van der Waals surface area contributed by atoms with Crippen LogP contribution in [0.5, 0.6) is 0 Å². The fourth-order valence-corrected chi connectivity index (χ4v) is 4.15. The Kier molecular flexibility index (Phi) is 6.82. The molecule has 0 aliphatic rings. The van der Waals surface area contributed by atoms with Crippen LogP contribution in [-0.4, -0.2) is 24.1 Å². The number of hydrogen-bond donors (Lipinski definition) is 2. The third-order valence-electron chi connectivity index (χ3n) is 4.77. The number of halogens is 3. The van der Waals surface area contributed by atoms with Crippen molar-refractivity contribution < 1.29 is 26.4 Å². The standard InChI is InChI=1S/C22H23F3N4O3S/c1-4-29-20(13-19(27-29)14(2)3)21(30)26-16-8-6-10-18(12-16)33(31,32)28-17-9-5-7-15(11-17)22(23,24)25/h5-14,28H,4H2,1-3H3,(H,26,30). The first-order valence-electron chi connectivity index (χ1n) is 10.1. The van der Waals surface area contributed by atoms with Crippen molar-refractivity contribution in [3.63, 3.8) is 0 Å². The van der Waals surface area contributed by atoms with Gasteiger partial charge in [0.1, 0.15) is 5.69 Å². The van der Waals surface area contributed by atoms with Crippen LogP contribution in [0.3, 0.4) is 0 Å². The summed E-state index contributed by atoms with van der Waals surface area (Å²) in [4.78, 5) is 12.6. The van der Waals surface area contributed by atoms with Gasteiger partial charge in [-0.1, -0.05) is 26.0 Å². The van der Waals surface area contributed by atoms with Gasteiger partial charge in [-0.2, -0.15) is 18.3 Å². The Morgan fingerprint density at radius 2 is 1.73 bits per heavy atom. The molecule has 0 spiro atoms. The third-order valence-corrected chi connectivity index (χ3v) is 6.15. The first-order valence-corrected chi connectivity index (χ1v) is 11.6. The minimum Gasteiger partial charge on any atom is -0.321 e. The lowest BCUT2D eigenvalue weighted by molar-refractivity contribution is -0.137. The first-order chi connectivity index (χ1) is 15.4. The van der Waals surface area contributed by atoms with Gasteiger partial charge in [0.05, 0.1) is 16.2 Å². The molecule has 1 heterocycles. The average Bonchev–Trinajstić information content (AvgIpc) is 3.18. The van der Waals surface area contributed by atoms with Gasteiger partial charge >= 0.3 is 6.18 Å². The molecule has 0 saturated heterocycles. The van der Waals surface area contributed by atoms with E-state index in [4.69, 9.17) is 0 Å². The number of aryl methyl sites for hydroxylation is 1. The number of carbonyl (C=O) groups excluding carboxylic acids is 1. The molecule has 0 unspecified atom stereocenters. The number of hydrogen-bond acceptors (Lipinski definition) is 4. The fraction of sp³-hybridized carbons (Fsp3) is 0.273. The molecule has 3 aromatic rings. The number of nitrogens with zero attached hydrogens (tertiary/aromatic N) is 2. The molecule has 1 aromatic heterocycles. The number of amides is 1. The largest absolute Gasteiger partial charge is 0.416 e. The number of nitrogens with one attached hydrogen (secondary N) is 2. The Labute approximate surface area is 189 Å². The van der Waals surface area contributed by atoms with E-state index in [1.165, 1.54) is 30.3 Å². The summed E-state index contributed by atoms with van der Waals surface area (Å²) in [5.74, 6) is -0.337. The normalized spacial score (nSPS) is 12.1. The molecular formula is C22H23F3N4O3S. The maximum Gasteiger partial charge on any atom is 0.416 e. The molecule has 2 N–H and O–H groups in total. The van der Waals surface area contributed by atoms with Crippen LogP contribution in [0.4, 0.5) is 24.5 Å². The number of rotatable bonds is 7. The summed E-state index contributed by atoms with van der Waals surface area (Å²) in [6.07, 6.45) is -4.61. The highest BCUT2D eigenvalue weighted by molar-refractivity contribution is 7.92. The molecule has 0 aliphatic heterocycles. The molecule has 33 heavy (non-hydrogen) atoms. The highest BCUT2D eigenvalue weighted by Gasteiger charge is 2.30. The summed E-state index contributed by atoms with van der Waals surface area (Å²) in [5, 5.41) is 7.04. The Bertz CT molecular complexity index is 1270. The van der Waals surface area contributed by atoms with E-state index in [-0.39, 0.29) is 22.2 Å². The molecule has 11 heteroatoms. The van der Waals surface area contributed by atoms with E-state index in [0.29, 0.717) is 18.3 Å². The molecule has 0 aliphatic carbocycles. The van der Waals surface area contributed by atoms with Crippen molar-refractivity contribution in [3.8, 4) is 0 Å². The van der Waals surface area contributed by atoms with Gasteiger partial charge in [-0.05, 0) is 55.3 Å². The second-order valence-corrected chi connectivity index (χ2v) is 9.27. The van der Waals surface area contributed by atoms with Gasteiger partial charge < -0.3 is 5.32 Å². The molecule has 0 atom stereocenters. The zero-order valence-electron chi connectivity index (χ0n) is 18.1. The minimum absolute atomic E-state index is 0.125. The Morgan fingerprint density at radius 1 is 1.06 bits per heavy atom. The van der Waals surface area contributed by atoms with Crippen LogP contribution < -0.4 is 10.0 Å². The van der Waals surface area contributed by atoms with Gasteiger partial charge in [0, 0.05) is 17.9 Å². The fourth-order valence-electron chi connectivity index (χ4n) is 3.05. The van der Waals surface area contributed by atoms with Gasteiger partial charge in [-0.15, -0.1) is 0 Å². The molecule has 0 fully saturated rings. The number of anilines is 2. The van der Waals surface area contributed by atoms with Gasteiger partial charge in [0.15, 0.2) is 0 Å². The van der Waals surface area contributed by atoms with Crippen LogP contribution in [0, 0.1) is 0 Å². The Balaban J connectivity index is 1.83. The summed E-state index contributed by atoms with van der Waals surface area (Å²) >= 11 is 0. The van der Waals surface area contributed by atoms with E-state index in [0.717, 1.165) is 17.8 Å². The minimum atomic E-state index is -4.61. The molecule has 176 valence electrons. The van der Waals surface area contributed by atoms with E-state index in [2.05, 4.69) is 15.1 Å². The highest BCUT2D eigenvalue weighted by Crippen LogP contribution is 2.31. The van der Waals surface area contributed by atoms with Crippen LogP contribution in [-0.2, 0) is 22.7 Å². The second kappa shape index (κ2) is 9.26. The SMILES string of the molecule is CCn1nc(C(C)C)cc1C(=O)Nc1cccc(S(=O)(=O)Nc2cccc(C(F)(F)F)c2)c1. The van der Waals surface area contributed by atoms with Crippen molar-refractivity contribution in [2.75, 3.05) is 10.0 Å². The van der Waals surface area contributed by atoms with E-state index in [1.54, 1.807) is 10.7 Å². The predicted octanol–water partition coefficient (Wildman–Crippen LogP) is 5.10. The molecule has 3 rings (SSSR count). The maximum absolute atomic E-state index is 12.9. The lowest BCUT2D eigenvalue weighted by atomic mass is 10.1. The van der Waals surface area contributed by atoms with Crippen molar-refractivity contribution in [1.29, 1.82) is 0 Å². The van der Waals surface area contributed by atoms with Crippen molar-refractivity contribution >= 4 is 27.3 Å². The molecule has 0 radical (unpaired) electrons. The number of sulfonamides is 1. The lowest BCUT2D eigenvalue weighted by Gasteiger charge is -2.12. The number of alkyl halides is 3. The average molecular weight is 481 g/mol. The summed E-state index contributed by atoms with van der Waals surface area (Å²) in [6, 6.07) is 11.0. The van der Waals surface area contributed by atoms with Crippen LogP contribution in [0.25, 0.3) is 0 Å². The summed E-state index contributed by atoms with van der Waals surface area (Å²) in [7, 11) is -4.20. The molecule has 2 aromatic carbocycles.